The van der Waals surface area contributed by atoms with Crippen molar-refractivity contribution in [1.82, 2.24) is 9.80 Å². The van der Waals surface area contributed by atoms with Crippen molar-refractivity contribution in [2.24, 2.45) is 29.1 Å². The monoisotopic (exact) mass is 452 g/mol. The van der Waals surface area contributed by atoms with Gasteiger partial charge in [0.1, 0.15) is 0 Å². The molecule has 0 bridgehead atoms. The van der Waals surface area contributed by atoms with Gasteiger partial charge in [0.15, 0.2) is 0 Å². The van der Waals surface area contributed by atoms with Crippen molar-refractivity contribution in [2.75, 3.05) is 32.8 Å². The van der Waals surface area contributed by atoms with E-state index in [1.165, 1.54) is 89.7 Å². The summed E-state index contributed by atoms with van der Waals surface area (Å²) in [4.78, 5) is 5.63. The topological polar surface area (TPSA) is 15.7 Å². The van der Waals surface area contributed by atoms with Gasteiger partial charge in [-0.15, -0.1) is 0 Å². The van der Waals surface area contributed by atoms with Crippen LogP contribution in [0.2, 0.25) is 0 Å². The molecule has 6 rings (SSSR count). The van der Waals surface area contributed by atoms with Crippen LogP contribution in [-0.2, 0) is 4.74 Å². The van der Waals surface area contributed by atoms with E-state index in [2.05, 4.69) is 50.5 Å². The third-order valence-electron chi connectivity index (χ3n) is 11.2. The number of fused-ring (bicyclic) bond motifs is 2. The summed E-state index contributed by atoms with van der Waals surface area (Å²) >= 11 is 0. The second-order valence-electron chi connectivity index (χ2n) is 14.3. The fourth-order valence-corrected chi connectivity index (χ4v) is 7.81. The van der Waals surface area contributed by atoms with E-state index in [-0.39, 0.29) is 0 Å². The van der Waals surface area contributed by atoms with Gasteiger partial charge in [-0.05, 0) is 115 Å². The number of rotatable bonds is 9. The Morgan fingerprint density at radius 1 is 0.818 bits per heavy atom. The molecule has 3 aliphatic carbocycles. The highest BCUT2D eigenvalue weighted by atomic mass is 16.5. The maximum atomic E-state index is 5.83. The minimum atomic E-state index is 0.290. The standard InChI is InChI=1S/C30H48N2O/c1-28(2,31-16-21-7-6-8-22(21)17-31)9-11-30(5,26-14-25-20-33-27(25)15-26)12-10-29(3,4)32-18-23-13-24(23)19-32/h15,23-26H,6-14,16-20H2,1-5H3. The van der Waals surface area contributed by atoms with E-state index in [0.29, 0.717) is 22.4 Å². The maximum Gasteiger partial charge on any atom is 0.0988 e. The van der Waals surface area contributed by atoms with Crippen LogP contribution >= 0.6 is 0 Å². The molecule has 3 heterocycles. The van der Waals surface area contributed by atoms with Crippen LogP contribution in [0.3, 0.4) is 0 Å². The number of hydrogen-bond acceptors (Lipinski definition) is 3. The lowest BCUT2D eigenvalue weighted by atomic mass is 9.67. The average Bonchev–Trinajstić information content (AvgIpc) is 3.18. The molecule has 0 aromatic carbocycles. The van der Waals surface area contributed by atoms with Gasteiger partial charge < -0.3 is 4.74 Å². The molecule has 0 amide bonds. The third-order valence-corrected chi connectivity index (χ3v) is 11.2. The quantitative estimate of drug-likeness (QED) is 0.376. The van der Waals surface area contributed by atoms with Gasteiger partial charge in [-0.3, -0.25) is 9.80 Å². The molecule has 3 heteroatoms. The Bertz CT molecular complexity index is 827. The first-order valence-electron chi connectivity index (χ1n) is 14.2. The normalized spacial score (nSPS) is 35.6. The van der Waals surface area contributed by atoms with Crippen LogP contribution in [0.4, 0.5) is 0 Å². The van der Waals surface area contributed by atoms with Gasteiger partial charge in [-0.2, -0.15) is 0 Å². The van der Waals surface area contributed by atoms with Crippen LogP contribution in [0, 0.1) is 29.1 Å². The van der Waals surface area contributed by atoms with E-state index in [4.69, 9.17) is 4.74 Å². The van der Waals surface area contributed by atoms with Gasteiger partial charge in [0.2, 0.25) is 0 Å². The molecule has 0 aromatic heterocycles. The lowest BCUT2D eigenvalue weighted by molar-refractivity contribution is 0.0402. The molecule has 1 saturated carbocycles. The van der Waals surface area contributed by atoms with Crippen molar-refractivity contribution in [3.8, 4) is 0 Å². The van der Waals surface area contributed by atoms with Crippen molar-refractivity contribution in [1.29, 1.82) is 0 Å². The zero-order valence-electron chi connectivity index (χ0n) is 22.1. The van der Waals surface area contributed by atoms with Crippen LogP contribution in [0.25, 0.3) is 0 Å². The number of piperidine rings is 1. The summed E-state index contributed by atoms with van der Waals surface area (Å²) in [5.41, 5.74) is 4.57. The average molecular weight is 453 g/mol. The molecule has 2 saturated heterocycles. The second kappa shape index (κ2) is 7.85. The lowest BCUT2D eigenvalue weighted by Gasteiger charge is -2.44. The summed E-state index contributed by atoms with van der Waals surface area (Å²) in [5.74, 6) is 4.80. The minimum Gasteiger partial charge on any atom is -0.497 e. The van der Waals surface area contributed by atoms with Gasteiger partial charge >= 0.3 is 0 Å². The van der Waals surface area contributed by atoms with E-state index in [1.807, 2.05) is 0 Å². The van der Waals surface area contributed by atoms with Crippen LogP contribution in [-0.4, -0.2) is 53.7 Å². The molecule has 3 aliphatic heterocycles. The van der Waals surface area contributed by atoms with E-state index < -0.39 is 0 Å². The molecular formula is C30H48N2O. The number of ether oxygens (including phenoxy) is 1. The Labute approximate surface area is 203 Å². The molecule has 5 unspecified atom stereocenters. The predicted molar refractivity (Wildman–Crippen MR) is 136 cm³/mol. The first kappa shape index (κ1) is 22.7. The molecule has 33 heavy (non-hydrogen) atoms. The van der Waals surface area contributed by atoms with Crippen LogP contribution in [0.1, 0.15) is 92.4 Å². The molecule has 5 atom stereocenters. The summed E-state index contributed by atoms with van der Waals surface area (Å²) in [6, 6.07) is 0. The van der Waals surface area contributed by atoms with E-state index >= 15 is 0 Å². The van der Waals surface area contributed by atoms with Crippen molar-refractivity contribution in [3.63, 3.8) is 0 Å². The summed E-state index contributed by atoms with van der Waals surface area (Å²) in [7, 11) is 0. The van der Waals surface area contributed by atoms with Gasteiger partial charge in [0.05, 0.1) is 18.3 Å². The third kappa shape index (κ3) is 4.14. The SMILES string of the molecule is CC(CCC(C)(C)N1CC2=C(CCC2)C1)(CCC(C)(C)N1CC2CC2C1)C1C=C2OCC2C1. The van der Waals surface area contributed by atoms with Gasteiger partial charge in [0.25, 0.3) is 0 Å². The van der Waals surface area contributed by atoms with Crippen LogP contribution in [0.15, 0.2) is 23.0 Å². The molecule has 0 aromatic rings. The van der Waals surface area contributed by atoms with Crippen LogP contribution in [0.5, 0.6) is 0 Å². The number of allylic oxidation sites excluding steroid dienone is 1. The van der Waals surface area contributed by atoms with Crippen LogP contribution < -0.4 is 0 Å². The number of likely N-dealkylation sites (tertiary alicyclic amines) is 2. The summed E-state index contributed by atoms with van der Waals surface area (Å²) in [6.07, 6.45) is 14.8. The highest BCUT2D eigenvalue weighted by Crippen LogP contribution is 2.53. The minimum absolute atomic E-state index is 0.290. The highest BCUT2D eigenvalue weighted by Gasteiger charge is 2.50. The fraction of sp³-hybridized carbons (Fsp3) is 0.867. The van der Waals surface area contributed by atoms with Crippen molar-refractivity contribution in [3.05, 3.63) is 23.0 Å². The van der Waals surface area contributed by atoms with Crippen molar-refractivity contribution in [2.45, 2.75) is 103 Å². The second-order valence-corrected chi connectivity index (χ2v) is 14.3. The fourth-order valence-electron chi connectivity index (χ4n) is 7.81. The molecular weight excluding hydrogens is 404 g/mol. The Hall–Kier alpha value is -0.800. The molecule has 3 fully saturated rings. The predicted octanol–water partition coefficient (Wildman–Crippen LogP) is 6.41. The van der Waals surface area contributed by atoms with Crippen molar-refractivity contribution < 1.29 is 4.74 Å². The lowest BCUT2D eigenvalue weighted by Crippen LogP contribution is -2.46. The molecule has 0 spiro atoms. The van der Waals surface area contributed by atoms with E-state index in [9.17, 15) is 0 Å². The number of hydrogen-bond donors (Lipinski definition) is 0. The van der Waals surface area contributed by atoms with Gasteiger partial charge in [-0.25, -0.2) is 0 Å². The van der Waals surface area contributed by atoms with Gasteiger partial charge in [0, 0.05) is 37.3 Å². The van der Waals surface area contributed by atoms with Gasteiger partial charge in [-0.1, -0.05) is 18.1 Å². The van der Waals surface area contributed by atoms with Crippen molar-refractivity contribution >= 4 is 0 Å². The number of nitrogens with zero attached hydrogens (tertiary/aromatic N) is 2. The largest absolute Gasteiger partial charge is 0.497 e. The smallest absolute Gasteiger partial charge is 0.0988 e. The zero-order valence-corrected chi connectivity index (χ0v) is 22.1. The Morgan fingerprint density at radius 2 is 1.42 bits per heavy atom. The molecule has 0 N–H and O–H groups in total. The molecule has 3 nitrogen and oxygen atoms in total. The molecule has 0 radical (unpaired) electrons. The highest BCUT2D eigenvalue weighted by molar-refractivity contribution is 5.28. The summed E-state index contributed by atoms with van der Waals surface area (Å²) in [5, 5.41) is 0. The van der Waals surface area contributed by atoms with E-state index in [1.54, 1.807) is 11.1 Å². The molecule has 184 valence electrons. The zero-order chi connectivity index (χ0) is 23.0. The Morgan fingerprint density at radius 3 is 1.94 bits per heavy atom. The summed E-state index contributed by atoms with van der Waals surface area (Å²) in [6.45, 7) is 18.9. The summed E-state index contributed by atoms with van der Waals surface area (Å²) < 4.78 is 5.83. The first-order valence-corrected chi connectivity index (χ1v) is 14.2. The molecule has 6 aliphatic rings. The Balaban J connectivity index is 1.12. The first-order chi connectivity index (χ1) is 15.6. The Kier molecular flexibility index (Phi) is 5.39. The maximum absolute atomic E-state index is 5.83. The van der Waals surface area contributed by atoms with E-state index in [0.717, 1.165) is 24.4 Å².